The Hall–Kier alpha value is -1.94. The summed E-state index contributed by atoms with van der Waals surface area (Å²) in [4.78, 5) is 2.55. The maximum atomic E-state index is 5.55. The van der Waals surface area contributed by atoms with Crippen molar-refractivity contribution in [2.24, 2.45) is 28.9 Å². The Morgan fingerprint density at radius 3 is 1.69 bits per heavy atom. The molecule has 3 unspecified atom stereocenters. The molecule has 288 valence electrons. The summed E-state index contributed by atoms with van der Waals surface area (Å²) in [5.74, 6) is 2.06. The van der Waals surface area contributed by atoms with Gasteiger partial charge in [0, 0.05) is 41.5 Å². The lowest BCUT2D eigenvalue weighted by molar-refractivity contribution is 0.207. The standard InChI is InChI=1S/C15H29N.C10H20N2.C9H17N.C3H8.C3H6.2C2H6/c1-8-14-9-10-16(13(14)4)12(3)11(2)15(5,6)7;1-7(2)6-10(12-5)8(3)9(4)11;1-3-10-9(2)7-5-4-6-8-9;2*1-3-2;2*1-2/h11,13-14H,3,8-10H2,1-2,4-7H3;7,10,12H,3-4,6,11H2,1-2,5H3;3,10H,1,4-8H2,2H3;3H2,1-2H3;3H,1H2,2H3;2*1-2H3/t11?,13?,14-;;;;;;/m0....../s1. The molecule has 0 bridgehead atoms. The van der Waals surface area contributed by atoms with Crippen LogP contribution in [0.2, 0.25) is 0 Å². The van der Waals surface area contributed by atoms with E-state index >= 15 is 0 Å². The fourth-order valence-electron chi connectivity index (χ4n) is 5.56. The van der Waals surface area contributed by atoms with E-state index in [9.17, 15) is 0 Å². The molecule has 4 atom stereocenters. The topological polar surface area (TPSA) is 53.3 Å². The smallest absolute Gasteiger partial charge is 0.0340 e. The molecule has 4 heteroatoms. The van der Waals surface area contributed by atoms with Gasteiger partial charge in [0.1, 0.15) is 0 Å². The minimum atomic E-state index is 0.266. The summed E-state index contributed by atoms with van der Waals surface area (Å²) in [5, 5.41) is 6.50. The first kappa shape index (κ1) is 55.5. The summed E-state index contributed by atoms with van der Waals surface area (Å²) in [6, 6.07) is 0.949. The highest BCUT2D eigenvalue weighted by Crippen LogP contribution is 2.37. The van der Waals surface area contributed by atoms with Crippen molar-refractivity contribution >= 4 is 0 Å². The number of rotatable bonds is 10. The molecule has 1 aliphatic carbocycles. The van der Waals surface area contributed by atoms with Crippen LogP contribution in [0.1, 0.15) is 169 Å². The third kappa shape index (κ3) is 26.9. The summed E-state index contributed by atoms with van der Waals surface area (Å²) >= 11 is 0. The van der Waals surface area contributed by atoms with Crippen molar-refractivity contribution in [2.75, 3.05) is 13.6 Å². The first-order chi connectivity index (χ1) is 22.4. The Balaban J connectivity index is -0.000000172. The summed E-state index contributed by atoms with van der Waals surface area (Å²) in [7, 11) is 1.92. The largest absolute Gasteiger partial charge is 0.399 e. The molecule has 1 aliphatic heterocycles. The number of nitrogens with one attached hydrogen (secondary N) is 2. The molecular weight excluding hydrogens is 585 g/mol. The zero-order chi connectivity index (χ0) is 39.1. The normalized spacial score (nSPS) is 18.5. The molecule has 1 saturated carbocycles. The van der Waals surface area contributed by atoms with E-state index in [2.05, 4.69) is 125 Å². The quantitative estimate of drug-likeness (QED) is 0.159. The third-order valence-corrected chi connectivity index (χ3v) is 8.90. The van der Waals surface area contributed by atoms with Crippen molar-refractivity contribution in [3.63, 3.8) is 0 Å². The molecule has 2 fully saturated rings. The zero-order valence-corrected chi connectivity index (χ0v) is 36.2. The Bertz CT molecular complexity index is 782. The van der Waals surface area contributed by atoms with Crippen LogP contribution in [-0.4, -0.2) is 36.1 Å². The van der Waals surface area contributed by atoms with Crippen molar-refractivity contribution in [3.05, 3.63) is 62.1 Å². The summed E-state index contributed by atoms with van der Waals surface area (Å²) in [6.45, 7) is 54.8. The highest BCUT2D eigenvalue weighted by atomic mass is 15.2. The molecular formula is C44H92N4. The lowest BCUT2D eigenvalue weighted by atomic mass is 9.80. The van der Waals surface area contributed by atoms with Gasteiger partial charge in [-0.25, -0.2) is 0 Å². The summed E-state index contributed by atoms with van der Waals surface area (Å²) in [5.41, 5.74) is 9.07. The van der Waals surface area contributed by atoms with Gasteiger partial charge in [0.25, 0.3) is 0 Å². The molecule has 4 N–H and O–H groups in total. The average molecular weight is 677 g/mol. The molecule has 1 heterocycles. The van der Waals surface area contributed by atoms with Gasteiger partial charge in [0.2, 0.25) is 0 Å². The van der Waals surface area contributed by atoms with Gasteiger partial charge >= 0.3 is 0 Å². The van der Waals surface area contributed by atoms with E-state index in [-0.39, 0.29) is 6.04 Å². The van der Waals surface area contributed by atoms with E-state index in [4.69, 9.17) is 5.73 Å². The number of nitrogens with zero attached hydrogens (tertiary/aromatic N) is 1. The van der Waals surface area contributed by atoms with Crippen molar-refractivity contribution in [1.29, 1.82) is 0 Å². The van der Waals surface area contributed by atoms with Crippen molar-refractivity contribution in [2.45, 2.75) is 186 Å². The van der Waals surface area contributed by atoms with Crippen LogP contribution in [0.15, 0.2) is 62.1 Å². The van der Waals surface area contributed by atoms with E-state index in [1.807, 2.05) is 47.9 Å². The van der Waals surface area contributed by atoms with E-state index in [0.29, 0.717) is 34.5 Å². The van der Waals surface area contributed by atoms with Crippen LogP contribution >= 0.6 is 0 Å². The molecule has 0 aromatic carbocycles. The number of likely N-dealkylation sites (N-methyl/N-ethyl adjacent to an activating group) is 1. The maximum Gasteiger partial charge on any atom is 0.0340 e. The molecule has 2 aliphatic rings. The number of hydrogen-bond donors (Lipinski definition) is 3. The van der Waals surface area contributed by atoms with Crippen LogP contribution in [0, 0.1) is 23.2 Å². The van der Waals surface area contributed by atoms with Gasteiger partial charge in [-0.1, -0.05) is 155 Å². The van der Waals surface area contributed by atoms with E-state index < -0.39 is 0 Å². The minimum Gasteiger partial charge on any atom is -0.399 e. The summed E-state index contributed by atoms with van der Waals surface area (Å²) < 4.78 is 0. The van der Waals surface area contributed by atoms with Gasteiger partial charge in [-0.2, -0.15) is 0 Å². The van der Waals surface area contributed by atoms with Gasteiger partial charge in [-0.15, -0.1) is 6.58 Å². The van der Waals surface area contributed by atoms with Crippen LogP contribution in [-0.2, 0) is 0 Å². The molecule has 0 aromatic rings. The highest BCUT2D eigenvalue weighted by molar-refractivity contribution is 5.27. The van der Waals surface area contributed by atoms with Crippen LogP contribution in [0.3, 0.4) is 0 Å². The van der Waals surface area contributed by atoms with Crippen molar-refractivity contribution in [1.82, 2.24) is 15.5 Å². The first-order valence-electron chi connectivity index (χ1n) is 19.6. The second-order valence-electron chi connectivity index (χ2n) is 14.6. The van der Waals surface area contributed by atoms with Gasteiger partial charge in [0.05, 0.1) is 0 Å². The van der Waals surface area contributed by atoms with E-state index in [1.54, 1.807) is 6.08 Å². The molecule has 0 amide bonds. The fourth-order valence-corrected chi connectivity index (χ4v) is 5.56. The van der Waals surface area contributed by atoms with E-state index in [0.717, 1.165) is 17.9 Å². The maximum absolute atomic E-state index is 5.55. The second-order valence-corrected chi connectivity index (χ2v) is 14.6. The molecule has 0 aromatic heterocycles. The Morgan fingerprint density at radius 2 is 1.40 bits per heavy atom. The average Bonchev–Trinajstić information content (AvgIpc) is 3.42. The Kier molecular flexibility index (Phi) is 38.8. The van der Waals surface area contributed by atoms with Crippen LogP contribution < -0.4 is 16.4 Å². The predicted octanol–water partition coefficient (Wildman–Crippen LogP) is 13.1. The number of hydrogen-bond acceptors (Lipinski definition) is 4. The van der Waals surface area contributed by atoms with E-state index in [1.165, 1.54) is 63.6 Å². The molecule has 0 radical (unpaired) electrons. The Morgan fingerprint density at radius 1 is 0.958 bits per heavy atom. The minimum absolute atomic E-state index is 0.266. The molecule has 1 saturated heterocycles. The Labute approximate surface area is 305 Å². The lowest BCUT2D eigenvalue weighted by Gasteiger charge is -2.37. The fraction of sp³-hybridized carbons (Fsp3) is 0.773. The van der Waals surface area contributed by atoms with Crippen LogP contribution in [0.5, 0.6) is 0 Å². The van der Waals surface area contributed by atoms with Gasteiger partial charge in [-0.3, -0.25) is 0 Å². The third-order valence-electron chi connectivity index (χ3n) is 8.90. The zero-order valence-electron chi connectivity index (χ0n) is 36.2. The van der Waals surface area contributed by atoms with Gasteiger partial charge in [-0.05, 0) is 82.5 Å². The lowest BCUT2D eigenvalue weighted by Crippen LogP contribution is -2.40. The highest BCUT2D eigenvalue weighted by Gasteiger charge is 2.34. The number of allylic oxidation sites excluding steroid dienone is 2. The second kappa shape index (κ2) is 33.6. The molecule has 0 spiro atoms. The first-order valence-corrected chi connectivity index (χ1v) is 19.6. The van der Waals surface area contributed by atoms with Gasteiger partial charge in [0.15, 0.2) is 0 Å². The molecule has 2 rings (SSSR count). The molecule has 4 nitrogen and oxygen atoms in total. The summed E-state index contributed by atoms with van der Waals surface area (Å²) in [6.07, 6.45) is 15.3. The monoisotopic (exact) mass is 677 g/mol. The van der Waals surface area contributed by atoms with Crippen LogP contribution in [0.4, 0.5) is 0 Å². The molecule has 48 heavy (non-hydrogen) atoms. The SMILES string of the molecule is C=C(C(C)C(C)(C)C)N1CC[C@H](CC)C1C.C=C(N)C(=C)C(CC(C)C)NC.C=CC.C=CNC1(C)CCCCC1.CC.CC.CCC. The van der Waals surface area contributed by atoms with Crippen molar-refractivity contribution < 1.29 is 0 Å². The van der Waals surface area contributed by atoms with Crippen LogP contribution in [0.25, 0.3) is 0 Å². The number of likely N-dealkylation sites (tertiary alicyclic amines) is 1. The predicted molar refractivity (Wildman–Crippen MR) is 226 cm³/mol. The van der Waals surface area contributed by atoms with Crippen molar-refractivity contribution in [3.8, 4) is 0 Å². The van der Waals surface area contributed by atoms with Gasteiger partial charge < -0.3 is 21.3 Å². The number of nitrogens with two attached hydrogens (primary N) is 1.